The second kappa shape index (κ2) is 4.55. The van der Waals surface area contributed by atoms with Gasteiger partial charge in [-0.05, 0) is 35.9 Å². The maximum atomic E-state index is 13.1. The standard InChI is InChI=1S/C13H8ClFO2/c14-12-6-5-10(15)7-11(12)8-1-3-9(4-2-8)13(16)17/h1-7H,(H,16,17). The summed E-state index contributed by atoms with van der Waals surface area (Å²) in [6, 6.07) is 10.2. The highest BCUT2D eigenvalue weighted by Crippen LogP contribution is 2.28. The van der Waals surface area contributed by atoms with E-state index in [-0.39, 0.29) is 11.4 Å². The Morgan fingerprint density at radius 3 is 2.35 bits per heavy atom. The Morgan fingerprint density at radius 2 is 1.76 bits per heavy atom. The number of carboxylic acid groups (broad SMARTS) is 1. The second-order valence-electron chi connectivity index (χ2n) is 3.51. The average molecular weight is 251 g/mol. The molecule has 0 unspecified atom stereocenters. The number of benzene rings is 2. The van der Waals surface area contributed by atoms with Crippen LogP contribution in [-0.2, 0) is 0 Å². The summed E-state index contributed by atoms with van der Waals surface area (Å²) in [5.41, 5.74) is 1.41. The van der Waals surface area contributed by atoms with Crippen molar-refractivity contribution in [1.29, 1.82) is 0 Å². The molecule has 4 heteroatoms. The molecule has 0 radical (unpaired) electrons. The van der Waals surface area contributed by atoms with Crippen LogP contribution in [0.2, 0.25) is 5.02 Å². The van der Waals surface area contributed by atoms with Gasteiger partial charge in [0.25, 0.3) is 0 Å². The zero-order chi connectivity index (χ0) is 12.4. The first-order valence-electron chi connectivity index (χ1n) is 4.87. The Balaban J connectivity index is 2.46. The lowest BCUT2D eigenvalue weighted by atomic mass is 10.0. The van der Waals surface area contributed by atoms with Crippen LogP contribution < -0.4 is 0 Å². The Labute approximate surface area is 102 Å². The van der Waals surface area contributed by atoms with Gasteiger partial charge in [0, 0.05) is 10.6 Å². The van der Waals surface area contributed by atoms with Crippen LogP contribution in [-0.4, -0.2) is 11.1 Å². The molecule has 86 valence electrons. The highest BCUT2D eigenvalue weighted by atomic mass is 35.5. The van der Waals surface area contributed by atoms with E-state index in [1.54, 1.807) is 12.1 Å². The molecule has 0 heterocycles. The van der Waals surface area contributed by atoms with E-state index in [4.69, 9.17) is 16.7 Å². The van der Waals surface area contributed by atoms with Crippen LogP contribution in [0.3, 0.4) is 0 Å². The highest BCUT2D eigenvalue weighted by molar-refractivity contribution is 6.33. The Morgan fingerprint density at radius 1 is 1.12 bits per heavy atom. The Hall–Kier alpha value is -1.87. The lowest BCUT2D eigenvalue weighted by Crippen LogP contribution is -1.95. The number of halogens is 2. The molecule has 0 atom stereocenters. The van der Waals surface area contributed by atoms with Crippen LogP contribution in [0.4, 0.5) is 4.39 Å². The fourth-order valence-corrected chi connectivity index (χ4v) is 1.74. The quantitative estimate of drug-likeness (QED) is 0.879. The second-order valence-corrected chi connectivity index (χ2v) is 3.91. The highest BCUT2D eigenvalue weighted by Gasteiger charge is 2.07. The van der Waals surface area contributed by atoms with Crippen LogP contribution in [0.5, 0.6) is 0 Å². The first-order valence-corrected chi connectivity index (χ1v) is 5.24. The van der Waals surface area contributed by atoms with E-state index in [0.29, 0.717) is 16.1 Å². The molecule has 2 aromatic carbocycles. The molecule has 0 amide bonds. The number of aromatic carboxylic acids is 1. The predicted octanol–water partition coefficient (Wildman–Crippen LogP) is 3.84. The molecule has 0 aliphatic carbocycles. The van der Waals surface area contributed by atoms with Crippen molar-refractivity contribution in [2.45, 2.75) is 0 Å². The first kappa shape index (κ1) is 11.6. The fourth-order valence-electron chi connectivity index (χ4n) is 1.51. The van der Waals surface area contributed by atoms with Gasteiger partial charge in [0.05, 0.1) is 5.56 Å². The molecular weight excluding hydrogens is 243 g/mol. The van der Waals surface area contributed by atoms with Crippen molar-refractivity contribution in [3.8, 4) is 11.1 Å². The molecule has 2 aromatic rings. The summed E-state index contributed by atoms with van der Waals surface area (Å²) < 4.78 is 13.1. The largest absolute Gasteiger partial charge is 0.478 e. The molecule has 0 saturated carbocycles. The van der Waals surface area contributed by atoms with Crippen LogP contribution in [0.1, 0.15) is 10.4 Å². The molecule has 0 bridgehead atoms. The van der Waals surface area contributed by atoms with E-state index in [2.05, 4.69) is 0 Å². The van der Waals surface area contributed by atoms with E-state index in [9.17, 15) is 9.18 Å². The van der Waals surface area contributed by atoms with Crippen molar-refractivity contribution in [3.05, 3.63) is 58.9 Å². The maximum absolute atomic E-state index is 13.1. The molecule has 2 nitrogen and oxygen atoms in total. The van der Waals surface area contributed by atoms with Crippen molar-refractivity contribution in [1.82, 2.24) is 0 Å². The molecule has 1 N–H and O–H groups in total. The van der Waals surface area contributed by atoms with E-state index in [0.717, 1.165) is 0 Å². The lowest BCUT2D eigenvalue weighted by molar-refractivity contribution is 0.0697. The Bertz CT molecular complexity index is 564. The molecule has 2 rings (SSSR count). The number of carboxylic acids is 1. The smallest absolute Gasteiger partial charge is 0.335 e. The topological polar surface area (TPSA) is 37.3 Å². The number of carbonyl (C=O) groups is 1. The van der Waals surface area contributed by atoms with Crippen LogP contribution in [0.15, 0.2) is 42.5 Å². The van der Waals surface area contributed by atoms with Crippen molar-refractivity contribution >= 4 is 17.6 Å². The minimum Gasteiger partial charge on any atom is -0.478 e. The summed E-state index contributed by atoms with van der Waals surface area (Å²) in [6.45, 7) is 0. The van der Waals surface area contributed by atoms with Gasteiger partial charge in [-0.3, -0.25) is 0 Å². The summed E-state index contributed by atoms with van der Waals surface area (Å²) in [7, 11) is 0. The van der Waals surface area contributed by atoms with Gasteiger partial charge in [-0.25, -0.2) is 9.18 Å². The predicted molar refractivity (Wildman–Crippen MR) is 63.8 cm³/mol. The van der Waals surface area contributed by atoms with Crippen molar-refractivity contribution in [3.63, 3.8) is 0 Å². The van der Waals surface area contributed by atoms with Crippen molar-refractivity contribution in [2.24, 2.45) is 0 Å². The first-order chi connectivity index (χ1) is 8.08. The molecular formula is C13H8ClFO2. The average Bonchev–Trinajstić information content (AvgIpc) is 2.32. The minimum atomic E-state index is -0.998. The third kappa shape index (κ3) is 2.45. The van der Waals surface area contributed by atoms with Gasteiger partial charge in [-0.1, -0.05) is 23.7 Å². The SMILES string of the molecule is O=C(O)c1ccc(-c2cc(F)ccc2Cl)cc1. The lowest BCUT2D eigenvalue weighted by Gasteiger charge is -2.05. The van der Waals surface area contributed by atoms with Crippen LogP contribution in [0.25, 0.3) is 11.1 Å². The van der Waals surface area contributed by atoms with Gasteiger partial charge in [0.2, 0.25) is 0 Å². The van der Waals surface area contributed by atoms with E-state index in [1.165, 1.54) is 30.3 Å². The van der Waals surface area contributed by atoms with Crippen LogP contribution in [0, 0.1) is 5.82 Å². The zero-order valence-corrected chi connectivity index (χ0v) is 9.41. The van der Waals surface area contributed by atoms with Gasteiger partial charge in [0.1, 0.15) is 5.82 Å². The summed E-state index contributed by atoms with van der Waals surface area (Å²) >= 11 is 5.95. The van der Waals surface area contributed by atoms with Gasteiger partial charge in [0.15, 0.2) is 0 Å². The van der Waals surface area contributed by atoms with Gasteiger partial charge in [-0.15, -0.1) is 0 Å². The summed E-state index contributed by atoms with van der Waals surface area (Å²) in [5, 5.41) is 9.18. The summed E-state index contributed by atoms with van der Waals surface area (Å²) in [6.07, 6.45) is 0. The molecule has 0 saturated heterocycles. The summed E-state index contributed by atoms with van der Waals surface area (Å²) in [5.74, 6) is -1.38. The number of rotatable bonds is 2. The normalized spacial score (nSPS) is 10.2. The molecule has 0 aliphatic rings. The monoisotopic (exact) mass is 250 g/mol. The molecule has 17 heavy (non-hydrogen) atoms. The zero-order valence-electron chi connectivity index (χ0n) is 8.65. The molecule has 0 fully saturated rings. The number of hydrogen-bond donors (Lipinski definition) is 1. The minimum absolute atomic E-state index is 0.182. The van der Waals surface area contributed by atoms with E-state index < -0.39 is 5.97 Å². The van der Waals surface area contributed by atoms with Gasteiger partial charge >= 0.3 is 5.97 Å². The third-order valence-electron chi connectivity index (χ3n) is 2.37. The fraction of sp³-hybridized carbons (Fsp3) is 0. The van der Waals surface area contributed by atoms with Gasteiger partial charge in [-0.2, -0.15) is 0 Å². The van der Waals surface area contributed by atoms with Gasteiger partial charge < -0.3 is 5.11 Å². The van der Waals surface area contributed by atoms with E-state index >= 15 is 0 Å². The molecule has 0 aromatic heterocycles. The van der Waals surface area contributed by atoms with Crippen molar-refractivity contribution in [2.75, 3.05) is 0 Å². The van der Waals surface area contributed by atoms with Crippen LogP contribution >= 0.6 is 11.6 Å². The van der Waals surface area contributed by atoms with E-state index in [1.807, 2.05) is 0 Å². The summed E-state index contributed by atoms with van der Waals surface area (Å²) in [4.78, 5) is 10.7. The molecule has 0 spiro atoms. The maximum Gasteiger partial charge on any atom is 0.335 e. The molecule has 0 aliphatic heterocycles. The Kier molecular flexibility index (Phi) is 3.11. The van der Waals surface area contributed by atoms with Crippen molar-refractivity contribution < 1.29 is 14.3 Å². The third-order valence-corrected chi connectivity index (χ3v) is 2.70. The number of hydrogen-bond acceptors (Lipinski definition) is 1.